The minimum atomic E-state index is -4.97. The summed E-state index contributed by atoms with van der Waals surface area (Å²) in [7, 11) is -9.94. The molecular weight excluding hydrogens is 1440 g/mol. The van der Waals surface area contributed by atoms with Crippen LogP contribution < -0.4 is 0 Å². The molecule has 0 saturated carbocycles. The Hall–Kier alpha value is -1.94. The average molecular weight is 1620 g/mol. The highest BCUT2D eigenvalue weighted by molar-refractivity contribution is 7.47. The topological polar surface area (TPSA) is 237 Å². The van der Waals surface area contributed by atoms with Crippen molar-refractivity contribution in [2.75, 3.05) is 39.6 Å². The Morgan fingerprint density at radius 1 is 0.252 bits per heavy atom. The van der Waals surface area contributed by atoms with Gasteiger partial charge in [-0.25, -0.2) is 9.13 Å². The molecule has 0 saturated heterocycles. The molecule has 0 aliphatic rings. The molecule has 3 N–H and O–H groups in total. The van der Waals surface area contributed by atoms with Gasteiger partial charge < -0.3 is 33.8 Å². The number of esters is 4. The largest absolute Gasteiger partial charge is 0.472 e. The Labute approximate surface area is 683 Å². The van der Waals surface area contributed by atoms with Crippen LogP contribution in [0.1, 0.15) is 503 Å². The van der Waals surface area contributed by atoms with Crippen LogP contribution >= 0.6 is 15.6 Å². The highest BCUT2D eigenvalue weighted by Gasteiger charge is 2.31. The Morgan fingerprint density at radius 3 is 0.640 bits per heavy atom. The van der Waals surface area contributed by atoms with Gasteiger partial charge in [-0.2, -0.15) is 0 Å². The first-order valence-electron chi connectivity index (χ1n) is 47.7. The standard InChI is InChI=1S/C92H180O17P2/c1-6-10-13-16-19-22-25-28-31-34-36-38-40-42-44-47-50-53-56-63-68-73-78-91(96)108-87(81-102-89(94)75-70-65-60-54-51-48-46-43-41-39-37-35-32-29-26-23-20-17-14-11-7-2)83-106-110(98,99)104-79-86(93)80-105-111(100,101)107-84-88(82-103-90(95)76-71-66-61-58-57-59-64-69-74-85(5)9-4)109-92(97)77-72-67-62-55-52-49-45-33-30-27-24-21-18-15-12-8-3/h85-88,93H,6-84H2,1-5H3,(H,98,99)(H,100,101)/t85?,86-,87-,88-/m1/s1. The molecule has 3 unspecified atom stereocenters. The van der Waals surface area contributed by atoms with E-state index >= 15 is 0 Å². The molecule has 0 heterocycles. The van der Waals surface area contributed by atoms with Crippen molar-refractivity contribution in [2.24, 2.45) is 5.92 Å². The summed E-state index contributed by atoms with van der Waals surface area (Å²) in [5, 5.41) is 10.7. The molecule has 0 fully saturated rings. The lowest BCUT2D eigenvalue weighted by atomic mass is 9.99. The molecular formula is C92H180O17P2. The minimum absolute atomic E-state index is 0.108. The smallest absolute Gasteiger partial charge is 0.462 e. The van der Waals surface area contributed by atoms with Gasteiger partial charge in [-0.3, -0.25) is 37.3 Å². The van der Waals surface area contributed by atoms with Gasteiger partial charge in [-0.05, 0) is 31.6 Å². The average Bonchev–Trinajstić information content (AvgIpc) is 0.897. The molecule has 660 valence electrons. The normalized spacial score (nSPS) is 13.9. The number of hydrogen-bond donors (Lipinski definition) is 3. The van der Waals surface area contributed by atoms with E-state index in [1.165, 1.54) is 327 Å². The Balaban J connectivity index is 5.24. The van der Waals surface area contributed by atoms with Crippen molar-refractivity contribution in [3.8, 4) is 0 Å². The van der Waals surface area contributed by atoms with E-state index < -0.39 is 97.5 Å². The molecule has 0 aromatic rings. The molecule has 19 heteroatoms. The van der Waals surface area contributed by atoms with Gasteiger partial charge in [0, 0.05) is 25.7 Å². The second-order valence-electron chi connectivity index (χ2n) is 33.3. The van der Waals surface area contributed by atoms with Crippen molar-refractivity contribution in [3.63, 3.8) is 0 Å². The quantitative estimate of drug-likeness (QED) is 0.0222. The summed E-state index contributed by atoms with van der Waals surface area (Å²) in [5.74, 6) is -1.32. The molecule has 0 bridgehead atoms. The number of ether oxygens (including phenoxy) is 4. The molecule has 111 heavy (non-hydrogen) atoms. The second-order valence-corrected chi connectivity index (χ2v) is 36.2. The molecule has 0 aliphatic heterocycles. The second kappa shape index (κ2) is 84.5. The Kier molecular flexibility index (Phi) is 83.0. The third kappa shape index (κ3) is 84.3. The zero-order chi connectivity index (χ0) is 81.1. The number of phosphoric acid groups is 2. The molecule has 0 amide bonds. The summed E-state index contributed by atoms with van der Waals surface area (Å²) in [5.41, 5.74) is 0. The summed E-state index contributed by atoms with van der Waals surface area (Å²) in [4.78, 5) is 73.5. The Morgan fingerprint density at radius 2 is 0.432 bits per heavy atom. The number of phosphoric ester groups is 2. The molecule has 6 atom stereocenters. The number of aliphatic hydroxyl groups excluding tert-OH is 1. The van der Waals surface area contributed by atoms with Crippen LogP contribution in [0.15, 0.2) is 0 Å². The van der Waals surface area contributed by atoms with Crippen molar-refractivity contribution in [3.05, 3.63) is 0 Å². The van der Waals surface area contributed by atoms with E-state index in [1.807, 2.05) is 0 Å². The summed E-state index contributed by atoms with van der Waals surface area (Å²) >= 11 is 0. The van der Waals surface area contributed by atoms with Crippen LogP contribution in [-0.2, 0) is 65.4 Å². The summed E-state index contributed by atoms with van der Waals surface area (Å²) in [6, 6.07) is 0. The van der Waals surface area contributed by atoms with Crippen molar-refractivity contribution in [1.82, 2.24) is 0 Å². The molecule has 0 aromatic heterocycles. The predicted octanol–water partition coefficient (Wildman–Crippen LogP) is 28.7. The Bertz CT molecular complexity index is 2100. The van der Waals surface area contributed by atoms with E-state index in [4.69, 9.17) is 37.0 Å². The van der Waals surface area contributed by atoms with Crippen LogP contribution in [0.2, 0.25) is 0 Å². The summed E-state index contributed by atoms with van der Waals surface area (Å²) in [6.07, 6.45) is 80.7. The van der Waals surface area contributed by atoms with E-state index in [1.54, 1.807) is 0 Å². The first-order chi connectivity index (χ1) is 54.1. The van der Waals surface area contributed by atoms with Gasteiger partial charge in [-0.15, -0.1) is 0 Å². The maximum atomic E-state index is 13.2. The van der Waals surface area contributed by atoms with Crippen LogP contribution in [0.5, 0.6) is 0 Å². The summed E-state index contributed by atoms with van der Waals surface area (Å²) in [6.45, 7) is 7.40. The predicted molar refractivity (Wildman–Crippen MR) is 460 cm³/mol. The van der Waals surface area contributed by atoms with Crippen LogP contribution in [0.3, 0.4) is 0 Å². The zero-order valence-electron chi connectivity index (χ0n) is 73.1. The number of hydrogen-bond acceptors (Lipinski definition) is 15. The molecule has 0 aliphatic carbocycles. The maximum Gasteiger partial charge on any atom is 0.472 e. The van der Waals surface area contributed by atoms with Crippen molar-refractivity contribution < 1.29 is 80.2 Å². The van der Waals surface area contributed by atoms with Crippen molar-refractivity contribution >= 4 is 39.5 Å². The minimum Gasteiger partial charge on any atom is -0.462 e. The van der Waals surface area contributed by atoms with Crippen molar-refractivity contribution in [1.29, 1.82) is 0 Å². The van der Waals surface area contributed by atoms with Gasteiger partial charge in [-0.1, -0.05) is 452 Å². The van der Waals surface area contributed by atoms with E-state index in [0.717, 1.165) is 95.8 Å². The van der Waals surface area contributed by atoms with E-state index in [-0.39, 0.29) is 25.7 Å². The lowest BCUT2D eigenvalue weighted by Gasteiger charge is -2.21. The van der Waals surface area contributed by atoms with E-state index in [0.29, 0.717) is 25.7 Å². The third-order valence-corrected chi connectivity index (χ3v) is 24.0. The molecule has 0 spiro atoms. The first kappa shape index (κ1) is 109. The van der Waals surface area contributed by atoms with Crippen molar-refractivity contribution in [2.45, 2.75) is 522 Å². The molecule has 0 rings (SSSR count). The van der Waals surface area contributed by atoms with Gasteiger partial charge in [0.15, 0.2) is 12.2 Å². The maximum absolute atomic E-state index is 13.2. The number of rotatable bonds is 92. The third-order valence-electron chi connectivity index (χ3n) is 22.1. The fraction of sp³-hybridized carbons (Fsp3) is 0.957. The van der Waals surface area contributed by atoms with Crippen LogP contribution in [0, 0.1) is 5.92 Å². The molecule has 0 aromatic carbocycles. The monoisotopic (exact) mass is 1620 g/mol. The number of carbonyl (C=O) groups is 4. The first-order valence-corrected chi connectivity index (χ1v) is 50.7. The number of carbonyl (C=O) groups excluding carboxylic acids is 4. The van der Waals surface area contributed by atoms with Crippen LogP contribution in [0.4, 0.5) is 0 Å². The number of unbranched alkanes of at least 4 members (excludes halogenated alkanes) is 63. The van der Waals surface area contributed by atoms with Crippen LogP contribution in [-0.4, -0.2) is 96.7 Å². The molecule has 17 nitrogen and oxygen atoms in total. The number of aliphatic hydroxyl groups is 1. The van der Waals surface area contributed by atoms with E-state index in [9.17, 15) is 43.2 Å². The highest BCUT2D eigenvalue weighted by Crippen LogP contribution is 2.45. The molecule has 0 radical (unpaired) electrons. The lowest BCUT2D eigenvalue weighted by molar-refractivity contribution is -0.161. The fourth-order valence-corrected chi connectivity index (χ4v) is 16.1. The van der Waals surface area contributed by atoms with Gasteiger partial charge >= 0.3 is 39.5 Å². The highest BCUT2D eigenvalue weighted by atomic mass is 31.2. The van der Waals surface area contributed by atoms with Gasteiger partial charge in [0.2, 0.25) is 0 Å². The van der Waals surface area contributed by atoms with Gasteiger partial charge in [0.05, 0.1) is 26.4 Å². The lowest BCUT2D eigenvalue weighted by Crippen LogP contribution is -2.30. The van der Waals surface area contributed by atoms with Gasteiger partial charge in [0.25, 0.3) is 0 Å². The summed E-state index contributed by atoms with van der Waals surface area (Å²) < 4.78 is 69.1. The van der Waals surface area contributed by atoms with Crippen LogP contribution in [0.25, 0.3) is 0 Å². The zero-order valence-corrected chi connectivity index (χ0v) is 74.9. The fourth-order valence-electron chi connectivity index (χ4n) is 14.5. The van der Waals surface area contributed by atoms with Gasteiger partial charge in [0.1, 0.15) is 19.3 Å². The SMILES string of the molecule is CCCCCCCCCCCCCCCCCCCCCCCCC(=O)O[C@H](COC(=O)CCCCCCCCCCCCCCCCCCCCCCC)COP(=O)(O)OC[C@@H](O)COP(=O)(O)OC[C@@H](COC(=O)CCCCCCCCCCC(C)CC)OC(=O)CCCCCCCCCCCCCCCCCC. The van der Waals surface area contributed by atoms with E-state index in [2.05, 4.69) is 34.6 Å².